The van der Waals surface area contributed by atoms with Crippen LogP contribution in [0.3, 0.4) is 0 Å². The van der Waals surface area contributed by atoms with Gasteiger partial charge in [-0.1, -0.05) is 58.8 Å². The predicted octanol–water partition coefficient (Wildman–Crippen LogP) is 5.89. The van der Waals surface area contributed by atoms with Crippen LogP contribution < -0.4 is 0 Å². The topological polar surface area (TPSA) is 17.8 Å². The van der Waals surface area contributed by atoms with E-state index in [1.54, 1.807) is 6.33 Å². The molecule has 1 aromatic rings. The van der Waals surface area contributed by atoms with Crippen LogP contribution in [-0.2, 0) is 5.54 Å². The third-order valence-corrected chi connectivity index (χ3v) is 5.10. The van der Waals surface area contributed by atoms with Gasteiger partial charge >= 0.3 is 0 Å². The number of halogens is 2. The molecule has 0 fully saturated rings. The van der Waals surface area contributed by atoms with E-state index in [-0.39, 0.29) is 11.5 Å². The average molecular weight is 394 g/mol. The maximum atomic E-state index is 13.5. The van der Waals surface area contributed by atoms with Crippen molar-refractivity contribution in [1.29, 1.82) is 0 Å². The Hall–Kier alpha value is -0.130. The smallest absolute Gasteiger partial charge is 0.244 e. The number of nitrogens with zero attached hydrogens (tertiary/aromatic N) is 2. The second-order valence-electron chi connectivity index (χ2n) is 5.96. The Labute approximate surface area is 136 Å². The van der Waals surface area contributed by atoms with Crippen LogP contribution in [0, 0.1) is 9.65 Å². The van der Waals surface area contributed by atoms with Gasteiger partial charge in [0, 0.05) is 5.54 Å². The van der Waals surface area contributed by atoms with Crippen LogP contribution in [0.15, 0.2) is 6.33 Å². The first-order valence-corrected chi connectivity index (χ1v) is 9.02. The molecule has 0 aliphatic heterocycles. The first-order valence-electron chi connectivity index (χ1n) is 7.94. The van der Waals surface area contributed by atoms with Gasteiger partial charge < -0.3 is 4.57 Å². The third kappa shape index (κ3) is 5.01. The van der Waals surface area contributed by atoms with E-state index < -0.39 is 0 Å². The SMILES string of the molecule is CCCCCCCC(C)(CCCC)n1cnc(F)c1I. The monoisotopic (exact) mass is 394 g/mol. The fourth-order valence-electron chi connectivity index (χ4n) is 2.72. The van der Waals surface area contributed by atoms with E-state index in [2.05, 4.69) is 52.9 Å². The molecule has 1 unspecified atom stereocenters. The van der Waals surface area contributed by atoms with Crippen molar-refractivity contribution in [2.45, 2.75) is 84.1 Å². The highest BCUT2D eigenvalue weighted by Gasteiger charge is 2.28. The highest BCUT2D eigenvalue weighted by atomic mass is 127. The standard InChI is InChI=1S/C16H28FIN2/c1-4-6-8-9-10-12-16(3,11-7-5-2)20-13-19-14(17)15(20)18/h13H,4-12H2,1-3H3. The van der Waals surface area contributed by atoms with Crippen LogP contribution >= 0.6 is 22.6 Å². The minimum atomic E-state index is -0.334. The average Bonchev–Trinajstić information content (AvgIpc) is 2.77. The normalized spacial score (nSPS) is 14.4. The van der Waals surface area contributed by atoms with E-state index >= 15 is 0 Å². The van der Waals surface area contributed by atoms with E-state index in [0.717, 1.165) is 12.8 Å². The Morgan fingerprint density at radius 2 is 1.70 bits per heavy atom. The first-order chi connectivity index (χ1) is 9.55. The Kier molecular flexibility index (Phi) is 8.07. The minimum absolute atomic E-state index is 0.0100. The lowest BCUT2D eigenvalue weighted by Crippen LogP contribution is -2.31. The molecule has 0 saturated heterocycles. The highest BCUT2D eigenvalue weighted by Crippen LogP contribution is 2.32. The Morgan fingerprint density at radius 1 is 1.10 bits per heavy atom. The van der Waals surface area contributed by atoms with Gasteiger partial charge in [-0.3, -0.25) is 0 Å². The van der Waals surface area contributed by atoms with Gasteiger partial charge in [-0.2, -0.15) is 4.39 Å². The van der Waals surface area contributed by atoms with E-state index in [1.165, 1.54) is 44.9 Å². The van der Waals surface area contributed by atoms with E-state index in [1.807, 2.05) is 0 Å². The summed E-state index contributed by atoms with van der Waals surface area (Å²) in [7, 11) is 0. The maximum absolute atomic E-state index is 13.5. The summed E-state index contributed by atoms with van der Waals surface area (Å²) in [4.78, 5) is 3.84. The van der Waals surface area contributed by atoms with Gasteiger partial charge in [-0.25, -0.2) is 4.98 Å². The Balaban J connectivity index is 2.68. The molecule has 1 aromatic heterocycles. The molecule has 0 amide bonds. The van der Waals surface area contributed by atoms with Crippen molar-refractivity contribution in [3.8, 4) is 0 Å². The van der Waals surface area contributed by atoms with Crippen LogP contribution in [0.2, 0.25) is 0 Å². The van der Waals surface area contributed by atoms with E-state index in [4.69, 9.17) is 0 Å². The highest BCUT2D eigenvalue weighted by molar-refractivity contribution is 14.1. The van der Waals surface area contributed by atoms with Crippen molar-refractivity contribution in [2.24, 2.45) is 0 Å². The molecule has 0 saturated carbocycles. The molecule has 116 valence electrons. The van der Waals surface area contributed by atoms with Gasteiger partial charge in [-0.05, 0) is 42.4 Å². The number of hydrogen-bond donors (Lipinski definition) is 0. The summed E-state index contributed by atoms with van der Waals surface area (Å²) in [6.07, 6.45) is 12.7. The molecule has 20 heavy (non-hydrogen) atoms. The van der Waals surface area contributed by atoms with Crippen LogP contribution in [0.5, 0.6) is 0 Å². The zero-order chi connectivity index (χ0) is 15.0. The van der Waals surface area contributed by atoms with E-state index in [0.29, 0.717) is 3.70 Å². The quantitative estimate of drug-likeness (QED) is 0.357. The summed E-state index contributed by atoms with van der Waals surface area (Å²) in [6.45, 7) is 6.70. The summed E-state index contributed by atoms with van der Waals surface area (Å²) in [5.41, 5.74) is 0.0100. The second-order valence-corrected chi connectivity index (χ2v) is 6.98. The molecule has 0 aliphatic rings. The lowest BCUT2D eigenvalue weighted by atomic mass is 9.88. The number of aromatic nitrogens is 2. The minimum Gasteiger partial charge on any atom is -0.318 e. The lowest BCUT2D eigenvalue weighted by Gasteiger charge is -2.32. The van der Waals surface area contributed by atoms with Crippen molar-refractivity contribution < 1.29 is 4.39 Å². The zero-order valence-corrected chi connectivity index (χ0v) is 15.2. The van der Waals surface area contributed by atoms with Gasteiger partial charge in [-0.15, -0.1) is 0 Å². The number of unbranched alkanes of at least 4 members (excludes halogenated alkanes) is 5. The molecule has 0 N–H and O–H groups in total. The molecule has 0 aliphatic carbocycles. The van der Waals surface area contributed by atoms with Gasteiger partial charge in [0.1, 0.15) is 3.70 Å². The summed E-state index contributed by atoms with van der Waals surface area (Å²) in [5, 5.41) is 0. The Bertz CT molecular complexity index is 392. The number of imidazole rings is 1. The molecule has 4 heteroatoms. The molecular formula is C16H28FIN2. The van der Waals surface area contributed by atoms with Crippen LogP contribution in [-0.4, -0.2) is 9.55 Å². The van der Waals surface area contributed by atoms with Crippen molar-refractivity contribution in [3.05, 3.63) is 16.0 Å². The van der Waals surface area contributed by atoms with Gasteiger partial charge in [0.15, 0.2) is 0 Å². The molecule has 0 spiro atoms. The molecule has 2 nitrogen and oxygen atoms in total. The number of rotatable bonds is 10. The molecule has 0 aromatic carbocycles. The number of hydrogen-bond acceptors (Lipinski definition) is 1. The summed E-state index contributed by atoms with van der Waals surface area (Å²) in [6, 6.07) is 0. The molecule has 0 radical (unpaired) electrons. The zero-order valence-electron chi connectivity index (χ0n) is 13.1. The lowest BCUT2D eigenvalue weighted by molar-refractivity contribution is 0.247. The first kappa shape index (κ1) is 17.9. The van der Waals surface area contributed by atoms with Gasteiger partial charge in [0.05, 0.1) is 6.33 Å². The van der Waals surface area contributed by atoms with Crippen molar-refractivity contribution in [2.75, 3.05) is 0 Å². The summed E-state index contributed by atoms with van der Waals surface area (Å²) in [5.74, 6) is -0.334. The van der Waals surface area contributed by atoms with Crippen molar-refractivity contribution >= 4 is 22.6 Å². The van der Waals surface area contributed by atoms with Crippen LogP contribution in [0.25, 0.3) is 0 Å². The molecule has 1 rings (SSSR count). The predicted molar refractivity (Wildman–Crippen MR) is 91.5 cm³/mol. The molecule has 1 heterocycles. The maximum Gasteiger partial charge on any atom is 0.244 e. The largest absolute Gasteiger partial charge is 0.318 e. The van der Waals surface area contributed by atoms with Crippen LogP contribution in [0.1, 0.15) is 78.6 Å². The van der Waals surface area contributed by atoms with Crippen molar-refractivity contribution in [3.63, 3.8) is 0 Å². The fraction of sp³-hybridized carbons (Fsp3) is 0.812. The molecule has 0 bridgehead atoms. The van der Waals surface area contributed by atoms with Gasteiger partial charge in [0.2, 0.25) is 5.95 Å². The summed E-state index contributed by atoms with van der Waals surface area (Å²) < 4.78 is 16.2. The fourth-order valence-corrected chi connectivity index (χ4v) is 3.57. The second kappa shape index (κ2) is 9.00. The van der Waals surface area contributed by atoms with Gasteiger partial charge in [0.25, 0.3) is 0 Å². The van der Waals surface area contributed by atoms with E-state index in [9.17, 15) is 4.39 Å². The van der Waals surface area contributed by atoms with Crippen LogP contribution in [0.4, 0.5) is 4.39 Å². The molecular weight excluding hydrogens is 366 g/mol. The molecule has 1 atom stereocenters. The Morgan fingerprint density at radius 3 is 2.25 bits per heavy atom. The third-order valence-electron chi connectivity index (χ3n) is 4.14. The summed E-state index contributed by atoms with van der Waals surface area (Å²) >= 11 is 2.08. The van der Waals surface area contributed by atoms with Crippen molar-refractivity contribution in [1.82, 2.24) is 9.55 Å².